The van der Waals surface area contributed by atoms with E-state index in [4.69, 9.17) is 0 Å². The maximum Gasteiger partial charge on any atom is 0.164 e. The zero-order valence-corrected chi connectivity index (χ0v) is 10.2. The van der Waals surface area contributed by atoms with Crippen LogP contribution in [0.15, 0.2) is 36.7 Å². The van der Waals surface area contributed by atoms with Crippen LogP contribution in [0.2, 0.25) is 0 Å². The fourth-order valence-electron chi connectivity index (χ4n) is 1.78. The Morgan fingerprint density at radius 3 is 2.88 bits per heavy atom. The Hall–Kier alpha value is -1.90. The molecule has 0 saturated carbocycles. The van der Waals surface area contributed by atoms with Gasteiger partial charge in [0.05, 0.1) is 12.2 Å². The van der Waals surface area contributed by atoms with Gasteiger partial charge in [0.2, 0.25) is 0 Å². The van der Waals surface area contributed by atoms with Crippen molar-refractivity contribution in [2.45, 2.75) is 26.8 Å². The van der Waals surface area contributed by atoms with Crippen LogP contribution in [0.3, 0.4) is 0 Å². The lowest BCUT2D eigenvalue weighted by Gasteiger charge is -2.03. The highest BCUT2D eigenvalue weighted by molar-refractivity contribution is 5.95. The summed E-state index contributed by atoms with van der Waals surface area (Å²) in [4.78, 5) is 15.9. The van der Waals surface area contributed by atoms with E-state index in [9.17, 15) is 4.79 Å². The summed E-state index contributed by atoms with van der Waals surface area (Å²) >= 11 is 0. The third-order valence-electron chi connectivity index (χ3n) is 2.68. The van der Waals surface area contributed by atoms with Gasteiger partial charge in [0, 0.05) is 30.1 Å². The molecule has 0 aliphatic carbocycles. The Bertz CT molecular complexity index is 529. The lowest BCUT2D eigenvalue weighted by Crippen LogP contribution is -2.00. The van der Waals surface area contributed by atoms with Crippen molar-refractivity contribution < 1.29 is 4.79 Å². The average molecular weight is 228 g/mol. The van der Waals surface area contributed by atoms with Crippen molar-refractivity contribution in [3.8, 4) is 0 Å². The van der Waals surface area contributed by atoms with Crippen LogP contribution in [0.1, 0.15) is 35.1 Å². The van der Waals surface area contributed by atoms with Crippen LogP contribution in [-0.4, -0.2) is 15.3 Å². The molecule has 0 atom stereocenters. The van der Waals surface area contributed by atoms with E-state index in [0.717, 1.165) is 17.0 Å². The summed E-state index contributed by atoms with van der Waals surface area (Å²) in [6.07, 6.45) is 4.36. The molecule has 3 heteroatoms. The molecule has 0 aromatic carbocycles. The second kappa shape index (κ2) is 4.95. The second-order valence-electron chi connectivity index (χ2n) is 4.12. The van der Waals surface area contributed by atoms with Crippen LogP contribution in [0.5, 0.6) is 0 Å². The normalized spacial score (nSPS) is 10.5. The third-order valence-corrected chi connectivity index (χ3v) is 2.68. The maximum atomic E-state index is 11.5. The van der Waals surface area contributed by atoms with E-state index in [1.807, 2.05) is 55.1 Å². The van der Waals surface area contributed by atoms with Gasteiger partial charge in [0.25, 0.3) is 0 Å². The summed E-state index contributed by atoms with van der Waals surface area (Å²) in [5, 5.41) is 0. The summed E-state index contributed by atoms with van der Waals surface area (Å²) in [7, 11) is 0. The molecule has 17 heavy (non-hydrogen) atoms. The van der Waals surface area contributed by atoms with Gasteiger partial charge in [0.15, 0.2) is 5.78 Å². The molecule has 2 aromatic rings. The fraction of sp³-hybridized carbons (Fsp3) is 0.286. The van der Waals surface area contributed by atoms with Gasteiger partial charge in [-0.15, -0.1) is 0 Å². The molecule has 2 rings (SSSR count). The highest BCUT2D eigenvalue weighted by atomic mass is 16.1. The Balaban J connectivity index is 2.14. The Morgan fingerprint density at radius 1 is 1.35 bits per heavy atom. The summed E-state index contributed by atoms with van der Waals surface area (Å²) in [5.41, 5.74) is 2.80. The third kappa shape index (κ3) is 2.81. The number of Topliss-reactive ketones (excluding diaryl/α,β-unsaturated/α-hetero) is 1. The van der Waals surface area contributed by atoms with Crippen LogP contribution >= 0.6 is 0 Å². The zero-order chi connectivity index (χ0) is 12.3. The summed E-state index contributed by atoms with van der Waals surface area (Å²) in [5.74, 6) is 0.181. The largest absolute Gasteiger partial charge is 0.348 e. The minimum atomic E-state index is 0.181. The van der Waals surface area contributed by atoms with E-state index in [1.54, 1.807) is 0 Å². The minimum Gasteiger partial charge on any atom is -0.348 e. The molecular weight excluding hydrogens is 212 g/mol. The molecule has 0 spiro atoms. The van der Waals surface area contributed by atoms with Crippen LogP contribution < -0.4 is 0 Å². The molecule has 0 saturated heterocycles. The molecule has 0 aliphatic rings. The number of aryl methyl sites for hydroxylation is 1. The van der Waals surface area contributed by atoms with E-state index < -0.39 is 0 Å². The number of carbonyl (C=O) groups excluding carboxylic acids is 1. The van der Waals surface area contributed by atoms with Gasteiger partial charge in [-0.05, 0) is 25.1 Å². The lowest BCUT2D eigenvalue weighted by atomic mass is 10.2. The van der Waals surface area contributed by atoms with Crippen molar-refractivity contribution in [2.75, 3.05) is 0 Å². The van der Waals surface area contributed by atoms with E-state index >= 15 is 0 Å². The molecule has 0 N–H and O–H groups in total. The molecule has 2 aromatic heterocycles. The Kier molecular flexibility index (Phi) is 3.38. The van der Waals surface area contributed by atoms with Crippen LogP contribution in [0.25, 0.3) is 0 Å². The van der Waals surface area contributed by atoms with Gasteiger partial charge >= 0.3 is 0 Å². The van der Waals surface area contributed by atoms with E-state index in [1.165, 1.54) is 0 Å². The monoisotopic (exact) mass is 228 g/mol. The van der Waals surface area contributed by atoms with Crippen LogP contribution in [-0.2, 0) is 6.54 Å². The van der Waals surface area contributed by atoms with Gasteiger partial charge in [-0.1, -0.05) is 13.0 Å². The molecule has 0 unspecified atom stereocenters. The summed E-state index contributed by atoms with van der Waals surface area (Å²) < 4.78 is 1.99. The number of hydrogen-bond donors (Lipinski definition) is 0. The van der Waals surface area contributed by atoms with Gasteiger partial charge in [-0.2, -0.15) is 0 Å². The molecule has 0 amide bonds. The lowest BCUT2D eigenvalue weighted by molar-refractivity contribution is 0.0988. The van der Waals surface area contributed by atoms with Crippen molar-refractivity contribution >= 4 is 5.78 Å². The summed E-state index contributed by atoms with van der Waals surface area (Å²) in [6.45, 7) is 4.56. The van der Waals surface area contributed by atoms with Crippen molar-refractivity contribution in [1.29, 1.82) is 0 Å². The van der Waals surface area contributed by atoms with Crippen molar-refractivity contribution in [3.05, 3.63) is 53.6 Å². The SMILES string of the molecule is CCC(=O)c1ccn(Cc2cccc(C)n2)c1. The predicted octanol–water partition coefficient (Wildman–Crippen LogP) is 2.83. The first-order valence-corrected chi connectivity index (χ1v) is 5.80. The molecule has 0 radical (unpaired) electrons. The van der Waals surface area contributed by atoms with Crippen molar-refractivity contribution in [3.63, 3.8) is 0 Å². The van der Waals surface area contributed by atoms with E-state index in [2.05, 4.69) is 4.98 Å². The highest BCUT2D eigenvalue weighted by Gasteiger charge is 2.05. The number of carbonyl (C=O) groups is 1. The molecule has 0 fully saturated rings. The smallest absolute Gasteiger partial charge is 0.164 e. The summed E-state index contributed by atoms with van der Waals surface area (Å²) in [6, 6.07) is 7.83. The quantitative estimate of drug-likeness (QED) is 0.754. The minimum absolute atomic E-state index is 0.181. The van der Waals surface area contributed by atoms with Crippen molar-refractivity contribution in [1.82, 2.24) is 9.55 Å². The van der Waals surface area contributed by atoms with Gasteiger partial charge in [-0.3, -0.25) is 9.78 Å². The van der Waals surface area contributed by atoms with Crippen LogP contribution in [0, 0.1) is 6.92 Å². The first kappa shape index (κ1) is 11.6. The number of ketones is 1. The fourth-order valence-corrected chi connectivity index (χ4v) is 1.78. The molecule has 2 heterocycles. The standard InChI is InChI=1S/C14H16N2O/c1-3-14(17)12-7-8-16(9-12)10-13-6-4-5-11(2)15-13/h4-9H,3,10H2,1-2H3. The predicted molar refractivity (Wildman–Crippen MR) is 67.1 cm³/mol. The number of rotatable bonds is 4. The topological polar surface area (TPSA) is 34.9 Å². The number of aromatic nitrogens is 2. The van der Waals surface area contributed by atoms with Crippen LogP contribution in [0.4, 0.5) is 0 Å². The number of hydrogen-bond acceptors (Lipinski definition) is 2. The zero-order valence-electron chi connectivity index (χ0n) is 10.2. The molecule has 88 valence electrons. The first-order chi connectivity index (χ1) is 8.19. The van der Waals surface area contributed by atoms with Gasteiger partial charge < -0.3 is 4.57 Å². The Morgan fingerprint density at radius 2 is 2.18 bits per heavy atom. The van der Waals surface area contributed by atoms with E-state index in [-0.39, 0.29) is 5.78 Å². The molecule has 0 bridgehead atoms. The number of pyridine rings is 1. The molecular formula is C14H16N2O. The molecule has 3 nitrogen and oxygen atoms in total. The van der Waals surface area contributed by atoms with Gasteiger partial charge in [0.1, 0.15) is 0 Å². The Labute approximate surface area is 101 Å². The second-order valence-corrected chi connectivity index (χ2v) is 4.12. The molecule has 0 aliphatic heterocycles. The first-order valence-electron chi connectivity index (χ1n) is 5.80. The number of nitrogens with zero attached hydrogens (tertiary/aromatic N) is 2. The highest BCUT2D eigenvalue weighted by Crippen LogP contribution is 2.07. The maximum absolute atomic E-state index is 11.5. The van der Waals surface area contributed by atoms with E-state index in [0.29, 0.717) is 13.0 Å². The average Bonchev–Trinajstić information content (AvgIpc) is 2.76. The van der Waals surface area contributed by atoms with Crippen molar-refractivity contribution in [2.24, 2.45) is 0 Å². The van der Waals surface area contributed by atoms with Gasteiger partial charge in [-0.25, -0.2) is 0 Å².